The van der Waals surface area contributed by atoms with Gasteiger partial charge in [-0.25, -0.2) is 0 Å². The fourth-order valence-electron chi connectivity index (χ4n) is 0.983. The Balaban J connectivity index is 3.25. The molecule has 0 spiro atoms. The summed E-state index contributed by atoms with van der Waals surface area (Å²) < 4.78 is 0. The minimum absolute atomic E-state index is 1.07. The molecular weight excluding hydrogens is 144 g/mol. The lowest BCUT2D eigenvalue weighted by atomic mass is 10.1. The number of hydrogen-bond donors (Lipinski definition) is 0. The first-order valence-corrected chi connectivity index (χ1v) is 4.91. The van der Waals surface area contributed by atoms with E-state index in [4.69, 9.17) is 0 Å². The lowest BCUT2D eigenvalue weighted by Gasteiger charge is -1.93. The molecule has 0 amide bonds. The van der Waals surface area contributed by atoms with Gasteiger partial charge in [-0.15, -0.1) is 0 Å². The predicted molar refractivity (Wildman–Crippen MR) is 57.0 cm³/mol. The van der Waals surface area contributed by atoms with Crippen molar-refractivity contribution in [3.05, 3.63) is 30.7 Å². The summed E-state index contributed by atoms with van der Waals surface area (Å²) in [6, 6.07) is 0. The summed E-state index contributed by atoms with van der Waals surface area (Å²) in [6.07, 6.45) is 12.7. The molecule has 0 N–H and O–H groups in total. The maximum atomic E-state index is 3.72. The summed E-state index contributed by atoms with van der Waals surface area (Å²) in [5.41, 5.74) is 1.35. The van der Waals surface area contributed by atoms with E-state index in [0.29, 0.717) is 0 Å². The zero-order chi connectivity index (χ0) is 9.23. The molecule has 0 nitrogen and oxygen atoms in total. The van der Waals surface area contributed by atoms with Gasteiger partial charge in [0, 0.05) is 0 Å². The van der Waals surface area contributed by atoms with Gasteiger partial charge in [0.05, 0.1) is 0 Å². The van der Waals surface area contributed by atoms with E-state index < -0.39 is 0 Å². The predicted octanol–water partition coefficient (Wildman–Crippen LogP) is 4.29. The Morgan fingerprint density at radius 3 is 2.58 bits per heavy atom. The Labute approximate surface area is 77.4 Å². The summed E-state index contributed by atoms with van der Waals surface area (Å²) in [5, 5.41) is 0. The van der Waals surface area contributed by atoms with Gasteiger partial charge in [-0.05, 0) is 33.1 Å². The molecule has 0 aliphatic rings. The van der Waals surface area contributed by atoms with E-state index in [2.05, 4.69) is 32.9 Å². The molecule has 1 radical (unpaired) electrons. The quantitative estimate of drug-likeness (QED) is 0.407. The van der Waals surface area contributed by atoms with Crippen molar-refractivity contribution in [3.8, 4) is 0 Å². The van der Waals surface area contributed by atoms with Gasteiger partial charge in [0.2, 0.25) is 0 Å². The van der Waals surface area contributed by atoms with Crippen molar-refractivity contribution in [2.75, 3.05) is 0 Å². The molecule has 0 aliphatic heterocycles. The van der Waals surface area contributed by atoms with Crippen LogP contribution in [0.15, 0.2) is 23.8 Å². The van der Waals surface area contributed by atoms with Crippen LogP contribution in [0.3, 0.4) is 0 Å². The zero-order valence-electron chi connectivity index (χ0n) is 8.47. The average molecular weight is 165 g/mol. The van der Waals surface area contributed by atoms with Gasteiger partial charge in [-0.1, -0.05) is 43.6 Å². The maximum absolute atomic E-state index is 3.72. The molecule has 0 aromatic carbocycles. The lowest BCUT2D eigenvalue weighted by Crippen LogP contribution is -1.73. The molecule has 0 bridgehead atoms. The normalized spacial score (nSPS) is 12.8. The van der Waals surface area contributed by atoms with Gasteiger partial charge in [-0.3, -0.25) is 0 Å². The molecule has 0 saturated carbocycles. The van der Waals surface area contributed by atoms with Gasteiger partial charge in [0.25, 0.3) is 0 Å². The van der Waals surface area contributed by atoms with Gasteiger partial charge in [-0.2, -0.15) is 0 Å². The SMILES string of the molecule is [CH2]C=C(C)CC=CCCCCC. The standard InChI is InChI=1S/C12H21/c1-4-6-7-8-9-10-11-12(3)5-2/h5,9-10H,2,4,6-8,11H2,1,3H3. The second-order valence-corrected chi connectivity index (χ2v) is 3.22. The van der Waals surface area contributed by atoms with E-state index in [1.54, 1.807) is 0 Å². The fourth-order valence-corrected chi connectivity index (χ4v) is 0.983. The summed E-state index contributed by atoms with van der Waals surface area (Å²) in [4.78, 5) is 0. The first kappa shape index (κ1) is 11.5. The molecule has 0 aromatic rings. The van der Waals surface area contributed by atoms with Crippen molar-refractivity contribution in [1.82, 2.24) is 0 Å². The molecule has 0 fully saturated rings. The summed E-state index contributed by atoms with van der Waals surface area (Å²) in [6.45, 7) is 8.07. The van der Waals surface area contributed by atoms with Crippen molar-refractivity contribution < 1.29 is 0 Å². The van der Waals surface area contributed by atoms with Crippen LogP contribution in [0, 0.1) is 6.92 Å². The van der Waals surface area contributed by atoms with Crippen LogP contribution in [0.4, 0.5) is 0 Å². The van der Waals surface area contributed by atoms with E-state index in [1.165, 1.54) is 31.3 Å². The maximum Gasteiger partial charge on any atom is -0.0142 e. The van der Waals surface area contributed by atoms with Crippen LogP contribution in [0.5, 0.6) is 0 Å². The number of rotatable bonds is 6. The van der Waals surface area contributed by atoms with Crippen LogP contribution in [0.2, 0.25) is 0 Å². The number of hydrogen-bond acceptors (Lipinski definition) is 0. The van der Waals surface area contributed by atoms with Crippen LogP contribution in [0.25, 0.3) is 0 Å². The van der Waals surface area contributed by atoms with Gasteiger partial charge >= 0.3 is 0 Å². The van der Waals surface area contributed by atoms with Crippen molar-refractivity contribution in [2.24, 2.45) is 0 Å². The van der Waals surface area contributed by atoms with Crippen molar-refractivity contribution in [1.29, 1.82) is 0 Å². The van der Waals surface area contributed by atoms with Crippen LogP contribution in [0.1, 0.15) is 46.0 Å². The van der Waals surface area contributed by atoms with Crippen molar-refractivity contribution in [3.63, 3.8) is 0 Å². The highest BCUT2D eigenvalue weighted by Crippen LogP contribution is 2.03. The molecule has 0 unspecified atom stereocenters. The summed E-state index contributed by atoms with van der Waals surface area (Å²) in [5.74, 6) is 0. The van der Waals surface area contributed by atoms with Crippen LogP contribution in [-0.4, -0.2) is 0 Å². The first-order chi connectivity index (χ1) is 5.81. The Morgan fingerprint density at radius 2 is 2.00 bits per heavy atom. The van der Waals surface area contributed by atoms with Crippen molar-refractivity contribution in [2.45, 2.75) is 46.0 Å². The highest BCUT2D eigenvalue weighted by atomic mass is 13.9. The highest BCUT2D eigenvalue weighted by molar-refractivity contribution is 5.05. The second-order valence-electron chi connectivity index (χ2n) is 3.22. The zero-order valence-corrected chi connectivity index (χ0v) is 8.47. The first-order valence-electron chi connectivity index (χ1n) is 4.91. The van der Waals surface area contributed by atoms with E-state index in [1.807, 2.05) is 6.08 Å². The van der Waals surface area contributed by atoms with Crippen molar-refractivity contribution >= 4 is 0 Å². The van der Waals surface area contributed by atoms with E-state index in [0.717, 1.165) is 6.42 Å². The molecule has 0 heterocycles. The lowest BCUT2D eigenvalue weighted by molar-refractivity contribution is 0.728. The monoisotopic (exact) mass is 165 g/mol. The largest absolute Gasteiger partial charge is 0.0882 e. The van der Waals surface area contributed by atoms with Gasteiger partial charge in [0.15, 0.2) is 0 Å². The third-order valence-electron chi connectivity index (χ3n) is 1.93. The Kier molecular flexibility index (Phi) is 8.20. The van der Waals surface area contributed by atoms with Crippen LogP contribution < -0.4 is 0 Å². The van der Waals surface area contributed by atoms with Crippen LogP contribution in [-0.2, 0) is 0 Å². The molecule has 12 heavy (non-hydrogen) atoms. The molecule has 0 saturated heterocycles. The highest BCUT2D eigenvalue weighted by Gasteiger charge is 1.83. The van der Waals surface area contributed by atoms with Gasteiger partial charge < -0.3 is 0 Å². The molecule has 0 aliphatic carbocycles. The van der Waals surface area contributed by atoms with Crippen LogP contribution >= 0.6 is 0 Å². The van der Waals surface area contributed by atoms with Gasteiger partial charge in [0.1, 0.15) is 0 Å². The molecular formula is C12H21. The second kappa shape index (κ2) is 8.58. The summed E-state index contributed by atoms with van der Waals surface area (Å²) >= 11 is 0. The molecule has 0 heteroatoms. The molecule has 0 atom stereocenters. The van der Waals surface area contributed by atoms with E-state index in [9.17, 15) is 0 Å². The Bertz CT molecular complexity index is 140. The number of allylic oxidation sites excluding steroid dienone is 4. The molecule has 0 aromatic heterocycles. The van der Waals surface area contributed by atoms with E-state index >= 15 is 0 Å². The third-order valence-corrected chi connectivity index (χ3v) is 1.93. The molecule has 69 valence electrons. The number of unbranched alkanes of at least 4 members (excludes halogenated alkanes) is 3. The minimum atomic E-state index is 1.07. The van der Waals surface area contributed by atoms with E-state index in [-0.39, 0.29) is 0 Å². The Morgan fingerprint density at radius 1 is 1.25 bits per heavy atom. The molecule has 0 rings (SSSR count). The fraction of sp³-hybridized carbons (Fsp3) is 0.583. The Hall–Kier alpha value is -0.520. The summed E-state index contributed by atoms with van der Waals surface area (Å²) in [7, 11) is 0. The smallest absolute Gasteiger partial charge is 0.0142 e. The average Bonchev–Trinajstić information content (AvgIpc) is 2.10. The minimum Gasteiger partial charge on any atom is -0.0882 e. The topological polar surface area (TPSA) is 0 Å². The third kappa shape index (κ3) is 7.59.